The summed E-state index contributed by atoms with van der Waals surface area (Å²) in [6.07, 6.45) is 1.60. The minimum absolute atomic E-state index is 0.0310. The molecule has 1 aromatic rings. The van der Waals surface area contributed by atoms with Gasteiger partial charge in [-0.1, -0.05) is 0 Å². The van der Waals surface area contributed by atoms with Gasteiger partial charge in [0.1, 0.15) is 0 Å². The monoisotopic (exact) mass is 266 g/mol. The molecule has 0 radical (unpaired) electrons. The summed E-state index contributed by atoms with van der Waals surface area (Å²) < 4.78 is 0. The molecule has 0 aromatic heterocycles. The third-order valence-corrected chi connectivity index (χ3v) is 3.46. The number of hydrogen-bond donors (Lipinski definition) is 2. The highest BCUT2D eigenvalue weighted by Gasteiger charge is 2.29. The van der Waals surface area contributed by atoms with Crippen molar-refractivity contribution in [2.24, 2.45) is 0 Å². The number of β-amino-alcohol motifs (C(OH)–C–C–N with tert-alkyl or cyclic N) is 1. The Bertz CT molecular complexity index is 488. The van der Waals surface area contributed by atoms with Gasteiger partial charge < -0.3 is 15.1 Å². The van der Waals surface area contributed by atoms with E-state index < -0.39 is 10.5 Å². The van der Waals surface area contributed by atoms with Gasteiger partial charge in [-0.2, -0.15) is 0 Å². The lowest BCUT2D eigenvalue weighted by atomic mass is 9.94. The number of piperidine rings is 1. The first kappa shape index (κ1) is 13.8. The maximum absolute atomic E-state index is 10.7. The average Bonchev–Trinajstić information content (AvgIpc) is 2.36. The number of non-ortho nitro benzene ring substituents is 1. The zero-order valence-electron chi connectivity index (χ0n) is 10.9. The largest absolute Gasteiger partial charge is 0.392 e. The number of aliphatic hydroxyl groups is 2. The first-order valence-electron chi connectivity index (χ1n) is 6.28. The standard InChI is InChI=1S/C13H18N2O4/c1-13(17)5-2-6-14(9-13)12-4-3-11(15(18)19)7-10(12)8-16/h3-4,7,16-17H,2,5-6,8-9H2,1H3. The molecule has 1 atom stereocenters. The van der Waals surface area contributed by atoms with Gasteiger partial charge in [0.05, 0.1) is 17.1 Å². The summed E-state index contributed by atoms with van der Waals surface area (Å²) in [5.41, 5.74) is 0.490. The minimum Gasteiger partial charge on any atom is -0.392 e. The van der Waals surface area contributed by atoms with Crippen LogP contribution in [0.2, 0.25) is 0 Å². The van der Waals surface area contributed by atoms with Crippen LogP contribution in [-0.2, 0) is 6.61 Å². The van der Waals surface area contributed by atoms with Crippen LogP contribution in [0.3, 0.4) is 0 Å². The zero-order chi connectivity index (χ0) is 14.0. The topological polar surface area (TPSA) is 86.8 Å². The highest BCUT2D eigenvalue weighted by molar-refractivity contribution is 5.58. The molecule has 1 aliphatic heterocycles. The number of hydrogen-bond acceptors (Lipinski definition) is 5. The van der Waals surface area contributed by atoms with E-state index in [0.29, 0.717) is 12.1 Å². The molecule has 1 aliphatic rings. The van der Waals surface area contributed by atoms with Crippen LogP contribution >= 0.6 is 0 Å². The molecule has 0 saturated carbocycles. The van der Waals surface area contributed by atoms with Crippen molar-refractivity contribution in [2.75, 3.05) is 18.0 Å². The van der Waals surface area contributed by atoms with Crippen molar-refractivity contribution in [1.29, 1.82) is 0 Å². The van der Waals surface area contributed by atoms with E-state index in [1.165, 1.54) is 12.1 Å². The van der Waals surface area contributed by atoms with Crippen molar-refractivity contribution in [3.05, 3.63) is 33.9 Å². The zero-order valence-corrected chi connectivity index (χ0v) is 10.9. The van der Waals surface area contributed by atoms with Crippen LogP contribution in [0.25, 0.3) is 0 Å². The molecule has 0 aliphatic carbocycles. The Balaban J connectivity index is 2.31. The molecule has 6 heteroatoms. The van der Waals surface area contributed by atoms with Crippen LogP contribution in [0.1, 0.15) is 25.3 Å². The van der Waals surface area contributed by atoms with Gasteiger partial charge >= 0.3 is 0 Å². The molecule has 2 rings (SSSR count). The lowest BCUT2D eigenvalue weighted by Crippen LogP contribution is -2.46. The van der Waals surface area contributed by atoms with Gasteiger partial charge in [-0.05, 0) is 25.8 Å². The Morgan fingerprint density at radius 2 is 2.26 bits per heavy atom. The summed E-state index contributed by atoms with van der Waals surface area (Å²) in [6, 6.07) is 4.46. The number of nitro groups is 1. The maximum Gasteiger partial charge on any atom is 0.269 e. The van der Waals surface area contributed by atoms with E-state index in [4.69, 9.17) is 0 Å². The molecule has 6 nitrogen and oxygen atoms in total. The predicted molar refractivity (Wildman–Crippen MR) is 71.1 cm³/mol. The predicted octanol–water partition coefficient (Wildman–Crippen LogP) is 1.44. The van der Waals surface area contributed by atoms with E-state index >= 15 is 0 Å². The molecule has 1 aromatic carbocycles. The van der Waals surface area contributed by atoms with Gasteiger partial charge in [-0.3, -0.25) is 10.1 Å². The van der Waals surface area contributed by atoms with Crippen LogP contribution in [0.5, 0.6) is 0 Å². The number of benzene rings is 1. The van der Waals surface area contributed by atoms with Crippen molar-refractivity contribution >= 4 is 11.4 Å². The molecule has 1 saturated heterocycles. The fourth-order valence-corrected chi connectivity index (χ4v) is 2.55. The van der Waals surface area contributed by atoms with Crippen molar-refractivity contribution in [3.63, 3.8) is 0 Å². The number of rotatable bonds is 3. The van der Waals surface area contributed by atoms with Crippen molar-refractivity contribution in [2.45, 2.75) is 32.0 Å². The van der Waals surface area contributed by atoms with E-state index in [-0.39, 0.29) is 12.3 Å². The summed E-state index contributed by atoms with van der Waals surface area (Å²) in [5, 5.41) is 30.2. The summed E-state index contributed by atoms with van der Waals surface area (Å²) in [6.45, 7) is 2.78. The molecule has 104 valence electrons. The first-order valence-corrected chi connectivity index (χ1v) is 6.28. The second kappa shape index (κ2) is 5.14. The first-order chi connectivity index (χ1) is 8.93. The van der Waals surface area contributed by atoms with Gasteiger partial charge in [0.2, 0.25) is 0 Å². The number of aliphatic hydroxyl groups excluding tert-OH is 1. The van der Waals surface area contributed by atoms with Crippen LogP contribution < -0.4 is 4.90 Å². The number of nitrogens with zero attached hydrogens (tertiary/aromatic N) is 2. The molecule has 2 N–H and O–H groups in total. The van der Waals surface area contributed by atoms with Gasteiger partial charge in [0, 0.05) is 36.5 Å². The van der Waals surface area contributed by atoms with E-state index in [2.05, 4.69) is 0 Å². The van der Waals surface area contributed by atoms with Gasteiger partial charge in [0.15, 0.2) is 0 Å². The van der Waals surface area contributed by atoms with Crippen LogP contribution in [-0.4, -0.2) is 33.8 Å². The van der Waals surface area contributed by atoms with E-state index in [0.717, 1.165) is 25.1 Å². The summed E-state index contributed by atoms with van der Waals surface area (Å²) in [4.78, 5) is 12.2. The molecule has 1 fully saturated rings. The smallest absolute Gasteiger partial charge is 0.269 e. The average molecular weight is 266 g/mol. The maximum atomic E-state index is 10.7. The quantitative estimate of drug-likeness (QED) is 0.638. The Kier molecular flexibility index (Phi) is 3.73. The van der Waals surface area contributed by atoms with E-state index in [1.54, 1.807) is 13.0 Å². The highest BCUT2D eigenvalue weighted by Crippen LogP contribution is 2.30. The Labute approximate surface area is 111 Å². The lowest BCUT2D eigenvalue weighted by molar-refractivity contribution is -0.384. The fourth-order valence-electron chi connectivity index (χ4n) is 2.55. The van der Waals surface area contributed by atoms with E-state index in [9.17, 15) is 20.3 Å². The molecule has 19 heavy (non-hydrogen) atoms. The summed E-state index contributed by atoms with van der Waals surface area (Å²) in [5.74, 6) is 0. The fraction of sp³-hybridized carbons (Fsp3) is 0.538. The van der Waals surface area contributed by atoms with Gasteiger partial charge in [-0.15, -0.1) is 0 Å². The molecular formula is C13H18N2O4. The Morgan fingerprint density at radius 1 is 1.53 bits per heavy atom. The lowest BCUT2D eigenvalue weighted by Gasteiger charge is -2.39. The second-order valence-corrected chi connectivity index (χ2v) is 5.25. The Morgan fingerprint density at radius 3 is 2.84 bits per heavy atom. The van der Waals surface area contributed by atoms with Crippen molar-refractivity contribution < 1.29 is 15.1 Å². The molecular weight excluding hydrogens is 248 g/mol. The van der Waals surface area contributed by atoms with Crippen molar-refractivity contribution in [1.82, 2.24) is 0 Å². The van der Waals surface area contributed by atoms with Crippen LogP contribution in [0.4, 0.5) is 11.4 Å². The molecule has 0 bridgehead atoms. The molecule has 1 heterocycles. The van der Waals surface area contributed by atoms with Gasteiger partial charge in [-0.25, -0.2) is 0 Å². The Hall–Kier alpha value is -1.66. The third kappa shape index (κ3) is 3.02. The minimum atomic E-state index is -0.757. The van der Waals surface area contributed by atoms with Crippen LogP contribution in [0.15, 0.2) is 18.2 Å². The molecule has 0 spiro atoms. The normalized spacial score (nSPS) is 23.4. The summed E-state index contributed by atoms with van der Waals surface area (Å²) >= 11 is 0. The number of anilines is 1. The highest BCUT2D eigenvalue weighted by atomic mass is 16.6. The molecule has 0 amide bonds. The van der Waals surface area contributed by atoms with Crippen LogP contribution in [0, 0.1) is 10.1 Å². The number of nitro benzene ring substituents is 1. The summed E-state index contributed by atoms with van der Waals surface area (Å²) in [7, 11) is 0. The molecule has 1 unspecified atom stereocenters. The van der Waals surface area contributed by atoms with E-state index in [1.807, 2.05) is 4.90 Å². The van der Waals surface area contributed by atoms with Crippen molar-refractivity contribution in [3.8, 4) is 0 Å². The second-order valence-electron chi connectivity index (χ2n) is 5.25. The SMILES string of the molecule is CC1(O)CCCN(c2ccc([N+](=O)[O-])cc2CO)C1. The third-order valence-electron chi connectivity index (χ3n) is 3.46. The van der Waals surface area contributed by atoms with Gasteiger partial charge in [0.25, 0.3) is 5.69 Å².